The summed E-state index contributed by atoms with van der Waals surface area (Å²) in [5.41, 5.74) is 1.14. The number of quaternary nitrogens is 1. The number of likely N-dealkylation sites (tertiary alicyclic amines) is 1. The summed E-state index contributed by atoms with van der Waals surface area (Å²) in [6, 6.07) is 10.1. The Hall–Kier alpha value is -0.190. The van der Waals surface area contributed by atoms with Gasteiger partial charge in [0.15, 0.2) is 0 Å². The molecular formula is C16H22Br2NO+. The number of piperidine rings is 1. The zero-order valence-electron chi connectivity index (χ0n) is 11.8. The fourth-order valence-electron chi connectivity index (χ4n) is 2.66. The van der Waals surface area contributed by atoms with Crippen molar-refractivity contribution in [3.05, 3.63) is 35.9 Å². The Morgan fingerprint density at radius 3 is 2.45 bits per heavy atom. The molecule has 2 nitrogen and oxygen atoms in total. The Labute approximate surface area is 138 Å². The highest BCUT2D eigenvalue weighted by atomic mass is 79.9. The molecule has 1 aliphatic heterocycles. The SMILES string of the molecule is CC1CC[NH+](CC(=O)[C@H](Br)[C@@H](Br)c2ccccc2)CC1. The number of halogens is 2. The average Bonchev–Trinajstić information content (AvgIpc) is 2.49. The van der Waals surface area contributed by atoms with Crippen molar-refractivity contribution >= 4 is 37.6 Å². The van der Waals surface area contributed by atoms with Crippen LogP contribution in [0.25, 0.3) is 0 Å². The zero-order chi connectivity index (χ0) is 14.5. The molecule has 1 N–H and O–H groups in total. The van der Waals surface area contributed by atoms with E-state index in [1.54, 1.807) is 0 Å². The third-order valence-corrected chi connectivity index (χ3v) is 6.89. The lowest BCUT2D eigenvalue weighted by atomic mass is 9.99. The minimum absolute atomic E-state index is 0.0410. The first-order chi connectivity index (χ1) is 9.58. The van der Waals surface area contributed by atoms with E-state index in [0.29, 0.717) is 12.3 Å². The predicted molar refractivity (Wildman–Crippen MR) is 89.8 cm³/mol. The van der Waals surface area contributed by atoms with Crippen LogP contribution in [0.2, 0.25) is 0 Å². The molecule has 1 fully saturated rings. The maximum Gasteiger partial charge on any atom is 0.201 e. The van der Waals surface area contributed by atoms with Crippen LogP contribution in [0, 0.1) is 5.92 Å². The number of hydrogen-bond donors (Lipinski definition) is 1. The van der Waals surface area contributed by atoms with Crippen LogP contribution < -0.4 is 4.90 Å². The van der Waals surface area contributed by atoms with Gasteiger partial charge in [0, 0.05) is 0 Å². The maximum atomic E-state index is 12.4. The summed E-state index contributed by atoms with van der Waals surface area (Å²) in [6.45, 7) is 5.20. The van der Waals surface area contributed by atoms with Crippen LogP contribution >= 0.6 is 31.9 Å². The molecule has 2 atom stereocenters. The van der Waals surface area contributed by atoms with Gasteiger partial charge < -0.3 is 4.90 Å². The summed E-state index contributed by atoms with van der Waals surface area (Å²) in [5, 5.41) is 0. The molecule has 1 aromatic carbocycles. The molecule has 110 valence electrons. The maximum absolute atomic E-state index is 12.4. The monoisotopic (exact) mass is 402 g/mol. The average molecular weight is 404 g/mol. The molecule has 1 aromatic rings. The summed E-state index contributed by atoms with van der Waals surface area (Å²) < 4.78 is 0. The molecular weight excluding hydrogens is 382 g/mol. The second kappa shape index (κ2) is 7.71. The van der Waals surface area contributed by atoms with Crippen molar-refractivity contribution in [1.29, 1.82) is 0 Å². The molecule has 4 heteroatoms. The Morgan fingerprint density at radius 1 is 1.25 bits per heavy atom. The van der Waals surface area contributed by atoms with Crippen molar-refractivity contribution in [2.24, 2.45) is 5.92 Å². The molecule has 0 spiro atoms. The summed E-state index contributed by atoms with van der Waals surface area (Å²) in [4.78, 5) is 13.7. The Kier molecular flexibility index (Phi) is 6.24. The first kappa shape index (κ1) is 16.2. The van der Waals surface area contributed by atoms with Crippen molar-refractivity contribution in [3.8, 4) is 0 Å². The second-order valence-corrected chi connectivity index (χ2v) is 7.76. The van der Waals surface area contributed by atoms with Crippen molar-refractivity contribution in [1.82, 2.24) is 0 Å². The number of carbonyl (C=O) groups excluding carboxylic acids is 1. The van der Waals surface area contributed by atoms with E-state index in [0.717, 1.165) is 24.6 Å². The molecule has 0 aliphatic carbocycles. The molecule has 0 aromatic heterocycles. The Morgan fingerprint density at radius 2 is 1.85 bits per heavy atom. The molecule has 20 heavy (non-hydrogen) atoms. The molecule has 0 unspecified atom stereocenters. The number of ketones is 1. The first-order valence-corrected chi connectivity index (χ1v) is 9.10. The third kappa shape index (κ3) is 4.40. The first-order valence-electron chi connectivity index (χ1n) is 7.27. The van der Waals surface area contributed by atoms with Gasteiger partial charge in [-0.2, -0.15) is 0 Å². The highest BCUT2D eigenvalue weighted by Gasteiger charge is 2.29. The highest BCUT2D eigenvalue weighted by molar-refractivity contribution is 9.12. The summed E-state index contributed by atoms with van der Waals surface area (Å²) in [5.74, 6) is 1.11. The Bertz CT molecular complexity index is 429. The fourth-order valence-corrected chi connectivity index (χ4v) is 3.73. The molecule has 2 rings (SSSR count). The lowest BCUT2D eigenvalue weighted by Crippen LogP contribution is -3.14. The lowest BCUT2D eigenvalue weighted by molar-refractivity contribution is -0.898. The normalized spacial score (nSPS) is 25.9. The molecule has 1 saturated heterocycles. The molecule has 0 amide bonds. The van der Waals surface area contributed by atoms with E-state index in [9.17, 15) is 4.79 Å². The molecule has 1 aliphatic rings. The van der Waals surface area contributed by atoms with Crippen LogP contribution in [0.1, 0.15) is 30.2 Å². The van der Waals surface area contributed by atoms with Gasteiger partial charge in [0.05, 0.1) is 22.7 Å². The van der Waals surface area contributed by atoms with Gasteiger partial charge in [-0.25, -0.2) is 0 Å². The van der Waals surface area contributed by atoms with Crippen LogP contribution in [-0.4, -0.2) is 30.2 Å². The quantitative estimate of drug-likeness (QED) is 0.750. The number of alkyl halides is 2. The van der Waals surface area contributed by atoms with E-state index in [2.05, 4.69) is 50.9 Å². The second-order valence-electron chi connectivity index (χ2n) is 5.79. The molecule has 0 saturated carbocycles. The number of carbonyl (C=O) groups is 1. The zero-order valence-corrected chi connectivity index (χ0v) is 15.0. The summed E-state index contributed by atoms with van der Waals surface area (Å²) in [6.07, 6.45) is 2.48. The van der Waals surface area contributed by atoms with E-state index in [1.165, 1.54) is 17.7 Å². The van der Waals surface area contributed by atoms with E-state index in [4.69, 9.17) is 0 Å². The van der Waals surface area contributed by atoms with Gasteiger partial charge in [0.25, 0.3) is 0 Å². The number of benzene rings is 1. The minimum Gasteiger partial charge on any atom is -0.329 e. The standard InChI is InChI=1S/C16H21Br2NO/c1-12-7-9-19(10-8-12)11-14(20)16(18)15(17)13-5-3-2-4-6-13/h2-6,12,15-16H,7-11H2,1H3/p+1/t15-,16-/m0/s1. The highest BCUT2D eigenvalue weighted by Crippen LogP contribution is 2.31. The topological polar surface area (TPSA) is 21.5 Å². The van der Waals surface area contributed by atoms with Gasteiger partial charge >= 0.3 is 0 Å². The van der Waals surface area contributed by atoms with Gasteiger partial charge in [0.2, 0.25) is 5.78 Å². The van der Waals surface area contributed by atoms with Gasteiger partial charge in [-0.05, 0) is 24.3 Å². The minimum atomic E-state index is -0.156. The van der Waals surface area contributed by atoms with Gasteiger partial charge in [-0.1, -0.05) is 69.1 Å². The van der Waals surface area contributed by atoms with E-state index in [-0.39, 0.29) is 9.65 Å². The summed E-state index contributed by atoms with van der Waals surface area (Å²) in [7, 11) is 0. The number of rotatable bonds is 5. The van der Waals surface area contributed by atoms with Crippen molar-refractivity contribution in [2.75, 3.05) is 19.6 Å². The lowest BCUT2D eigenvalue weighted by Gasteiger charge is -2.27. The molecule has 1 heterocycles. The number of nitrogens with one attached hydrogen (secondary N) is 1. The van der Waals surface area contributed by atoms with E-state index in [1.807, 2.05) is 18.2 Å². The predicted octanol–water partition coefficient (Wildman–Crippen LogP) is 2.77. The van der Waals surface area contributed by atoms with Crippen LogP contribution in [0.4, 0.5) is 0 Å². The van der Waals surface area contributed by atoms with Crippen LogP contribution in [0.5, 0.6) is 0 Å². The molecule has 0 bridgehead atoms. The largest absolute Gasteiger partial charge is 0.329 e. The van der Waals surface area contributed by atoms with Gasteiger partial charge in [0.1, 0.15) is 6.54 Å². The smallest absolute Gasteiger partial charge is 0.201 e. The molecule has 0 radical (unpaired) electrons. The summed E-state index contributed by atoms with van der Waals surface area (Å²) >= 11 is 7.22. The van der Waals surface area contributed by atoms with Crippen molar-refractivity contribution < 1.29 is 9.69 Å². The van der Waals surface area contributed by atoms with E-state index < -0.39 is 0 Å². The van der Waals surface area contributed by atoms with Crippen LogP contribution in [-0.2, 0) is 4.79 Å². The fraction of sp³-hybridized carbons (Fsp3) is 0.562. The van der Waals surface area contributed by atoms with Crippen molar-refractivity contribution in [3.63, 3.8) is 0 Å². The third-order valence-electron chi connectivity index (χ3n) is 4.09. The number of hydrogen-bond acceptors (Lipinski definition) is 1. The number of Topliss-reactive ketones (excluding diaryl/α,β-unsaturated/α-hetero) is 1. The van der Waals surface area contributed by atoms with Gasteiger partial charge in [-0.15, -0.1) is 0 Å². The van der Waals surface area contributed by atoms with E-state index >= 15 is 0 Å². The van der Waals surface area contributed by atoms with Crippen LogP contribution in [0.3, 0.4) is 0 Å². The van der Waals surface area contributed by atoms with Crippen molar-refractivity contribution in [2.45, 2.75) is 29.4 Å². The van der Waals surface area contributed by atoms with Gasteiger partial charge in [-0.3, -0.25) is 4.79 Å². The van der Waals surface area contributed by atoms with Crippen LogP contribution in [0.15, 0.2) is 30.3 Å². The Balaban J connectivity index is 1.88.